The smallest absolute Gasteiger partial charge is 0.316 e. The third-order valence-corrected chi connectivity index (χ3v) is 3.20. The van der Waals surface area contributed by atoms with Crippen molar-refractivity contribution in [3.8, 4) is 0 Å². The summed E-state index contributed by atoms with van der Waals surface area (Å²) >= 11 is 0. The molecule has 1 aliphatic carbocycles. The van der Waals surface area contributed by atoms with Gasteiger partial charge in [-0.25, -0.2) is 0 Å². The lowest BCUT2D eigenvalue weighted by molar-refractivity contribution is -0.150. The van der Waals surface area contributed by atoms with Crippen molar-refractivity contribution in [2.75, 3.05) is 6.61 Å². The van der Waals surface area contributed by atoms with Gasteiger partial charge in [0.2, 0.25) is 0 Å². The maximum absolute atomic E-state index is 12.0. The van der Waals surface area contributed by atoms with Crippen LogP contribution in [-0.4, -0.2) is 18.4 Å². The molecule has 0 N–H and O–H groups in total. The lowest BCUT2D eigenvalue weighted by Gasteiger charge is -2.08. The lowest BCUT2D eigenvalue weighted by Crippen LogP contribution is -2.24. The Morgan fingerprint density at radius 1 is 1.35 bits per heavy atom. The molecule has 2 unspecified atom stereocenters. The van der Waals surface area contributed by atoms with E-state index in [0.717, 1.165) is 25.7 Å². The van der Waals surface area contributed by atoms with Crippen LogP contribution in [0.15, 0.2) is 12.2 Å². The fourth-order valence-electron chi connectivity index (χ4n) is 2.28. The van der Waals surface area contributed by atoms with Gasteiger partial charge in [-0.15, -0.1) is 0 Å². The van der Waals surface area contributed by atoms with E-state index < -0.39 is 5.92 Å². The van der Waals surface area contributed by atoms with Gasteiger partial charge in [-0.2, -0.15) is 0 Å². The average Bonchev–Trinajstić information content (AvgIpc) is 2.67. The minimum atomic E-state index is -0.491. The van der Waals surface area contributed by atoms with Gasteiger partial charge in [0, 0.05) is 5.92 Å². The number of esters is 1. The molecule has 17 heavy (non-hydrogen) atoms. The highest BCUT2D eigenvalue weighted by Crippen LogP contribution is 2.31. The highest BCUT2D eigenvalue weighted by Gasteiger charge is 2.38. The van der Waals surface area contributed by atoms with Gasteiger partial charge in [0.25, 0.3) is 0 Å². The van der Waals surface area contributed by atoms with E-state index in [9.17, 15) is 9.59 Å². The summed E-state index contributed by atoms with van der Waals surface area (Å²) in [7, 11) is 0. The monoisotopic (exact) mass is 238 g/mol. The van der Waals surface area contributed by atoms with E-state index in [0.29, 0.717) is 13.0 Å². The van der Waals surface area contributed by atoms with Crippen LogP contribution in [0, 0.1) is 11.8 Å². The van der Waals surface area contributed by atoms with Crippen LogP contribution in [0.5, 0.6) is 0 Å². The van der Waals surface area contributed by atoms with Crippen molar-refractivity contribution >= 4 is 11.8 Å². The van der Waals surface area contributed by atoms with Crippen LogP contribution in [0.25, 0.3) is 0 Å². The largest absolute Gasteiger partial charge is 0.465 e. The van der Waals surface area contributed by atoms with Gasteiger partial charge in [-0.1, -0.05) is 19.1 Å². The quantitative estimate of drug-likeness (QED) is 0.406. The number of carbonyl (C=O) groups excluding carboxylic acids is 2. The molecular weight excluding hydrogens is 216 g/mol. The first kappa shape index (κ1) is 13.9. The van der Waals surface area contributed by atoms with Gasteiger partial charge < -0.3 is 4.74 Å². The Kier molecular flexibility index (Phi) is 5.95. The van der Waals surface area contributed by atoms with Crippen molar-refractivity contribution in [3.05, 3.63) is 12.2 Å². The van der Waals surface area contributed by atoms with Gasteiger partial charge in [-0.3, -0.25) is 9.59 Å². The van der Waals surface area contributed by atoms with Crippen LogP contribution >= 0.6 is 0 Å². The topological polar surface area (TPSA) is 43.4 Å². The van der Waals surface area contributed by atoms with Crippen LogP contribution in [0.2, 0.25) is 0 Å². The number of Topliss-reactive ketones (excluding diaryl/α,β-unsaturated/α-hetero) is 1. The van der Waals surface area contributed by atoms with Gasteiger partial charge in [0.1, 0.15) is 11.7 Å². The van der Waals surface area contributed by atoms with Crippen molar-refractivity contribution in [2.45, 2.75) is 46.0 Å². The summed E-state index contributed by atoms with van der Waals surface area (Å²) in [5.41, 5.74) is 0. The highest BCUT2D eigenvalue weighted by molar-refractivity contribution is 6.01. The summed E-state index contributed by atoms with van der Waals surface area (Å²) in [6.07, 6.45) is 8.56. The Labute approximate surface area is 103 Å². The second kappa shape index (κ2) is 7.25. The van der Waals surface area contributed by atoms with Gasteiger partial charge in [0.05, 0.1) is 6.61 Å². The van der Waals surface area contributed by atoms with Gasteiger partial charge in [-0.05, 0) is 39.0 Å². The molecule has 1 rings (SSSR count). The predicted molar refractivity (Wildman–Crippen MR) is 66.5 cm³/mol. The predicted octanol–water partition coefficient (Wildman–Crippen LogP) is 2.89. The molecule has 1 fully saturated rings. The van der Waals surface area contributed by atoms with Crippen molar-refractivity contribution < 1.29 is 14.3 Å². The normalized spacial score (nSPS) is 24.5. The fourth-order valence-corrected chi connectivity index (χ4v) is 2.28. The van der Waals surface area contributed by atoms with Crippen molar-refractivity contribution in [1.82, 2.24) is 0 Å². The Hall–Kier alpha value is -1.12. The van der Waals surface area contributed by atoms with Gasteiger partial charge in [0.15, 0.2) is 0 Å². The van der Waals surface area contributed by atoms with E-state index >= 15 is 0 Å². The summed E-state index contributed by atoms with van der Waals surface area (Å²) in [5.74, 6) is -0.668. The van der Waals surface area contributed by atoms with E-state index in [-0.39, 0.29) is 17.7 Å². The zero-order chi connectivity index (χ0) is 12.7. The Morgan fingerprint density at radius 2 is 2.12 bits per heavy atom. The standard InChI is InChI=1S/C14H22O3/c1-3-5-6-7-8-11-9-10-12(13(11)15)14(16)17-4-2/h5-6,11-12H,3-4,7-10H2,1-2H3/b6-5-. The number of rotatable bonds is 6. The first-order chi connectivity index (χ1) is 8.20. The average molecular weight is 238 g/mol. The molecule has 0 radical (unpaired) electrons. The number of hydrogen-bond acceptors (Lipinski definition) is 3. The lowest BCUT2D eigenvalue weighted by atomic mass is 9.98. The number of ether oxygens (including phenoxy) is 1. The zero-order valence-corrected chi connectivity index (χ0v) is 10.8. The minimum absolute atomic E-state index is 0.0610. The summed E-state index contributed by atoms with van der Waals surface area (Å²) < 4.78 is 4.91. The molecule has 0 amide bonds. The number of carbonyl (C=O) groups is 2. The van der Waals surface area contributed by atoms with E-state index in [1.54, 1.807) is 6.92 Å². The molecule has 2 atom stereocenters. The Morgan fingerprint density at radius 3 is 2.76 bits per heavy atom. The molecule has 0 saturated heterocycles. The number of allylic oxidation sites excluding steroid dienone is 2. The van der Waals surface area contributed by atoms with Gasteiger partial charge >= 0.3 is 5.97 Å². The zero-order valence-electron chi connectivity index (χ0n) is 10.8. The van der Waals surface area contributed by atoms with E-state index in [1.165, 1.54) is 0 Å². The minimum Gasteiger partial charge on any atom is -0.465 e. The first-order valence-electron chi connectivity index (χ1n) is 6.56. The maximum atomic E-state index is 12.0. The molecule has 3 heteroatoms. The molecule has 0 aromatic carbocycles. The molecule has 1 aliphatic rings. The summed E-state index contributed by atoms with van der Waals surface area (Å²) in [5, 5.41) is 0. The third kappa shape index (κ3) is 3.99. The summed E-state index contributed by atoms with van der Waals surface area (Å²) in [6, 6.07) is 0. The molecule has 0 spiro atoms. The number of hydrogen-bond donors (Lipinski definition) is 0. The molecule has 0 bridgehead atoms. The van der Waals surface area contributed by atoms with E-state index in [4.69, 9.17) is 4.74 Å². The van der Waals surface area contributed by atoms with Crippen LogP contribution < -0.4 is 0 Å². The third-order valence-electron chi connectivity index (χ3n) is 3.20. The van der Waals surface area contributed by atoms with E-state index in [2.05, 4.69) is 19.1 Å². The molecule has 3 nitrogen and oxygen atoms in total. The summed E-state index contributed by atoms with van der Waals surface area (Å²) in [6.45, 7) is 4.21. The van der Waals surface area contributed by atoms with Crippen molar-refractivity contribution in [3.63, 3.8) is 0 Å². The van der Waals surface area contributed by atoms with Crippen LogP contribution in [-0.2, 0) is 14.3 Å². The molecule has 0 heterocycles. The van der Waals surface area contributed by atoms with Crippen molar-refractivity contribution in [2.24, 2.45) is 11.8 Å². The van der Waals surface area contributed by atoms with Crippen molar-refractivity contribution in [1.29, 1.82) is 0 Å². The molecule has 0 aliphatic heterocycles. The summed E-state index contributed by atoms with van der Waals surface area (Å²) in [4.78, 5) is 23.5. The van der Waals surface area contributed by atoms with Crippen LogP contribution in [0.4, 0.5) is 0 Å². The molecule has 96 valence electrons. The molecule has 0 aromatic heterocycles. The van der Waals surface area contributed by atoms with E-state index in [1.807, 2.05) is 0 Å². The maximum Gasteiger partial charge on any atom is 0.316 e. The molecule has 1 saturated carbocycles. The van der Waals surface area contributed by atoms with Crippen LogP contribution in [0.3, 0.4) is 0 Å². The SMILES string of the molecule is CC/C=C\CCC1CCC(C(=O)OCC)C1=O. The second-order valence-corrected chi connectivity index (χ2v) is 4.44. The first-order valence-corrected chi connectivity index (χ1v) is 6.56. The number of ketones is 1. The molecular formula is C14H22O3. The van der Waals surface area contributed by atoms with Crippen LogP contribution in [0.1, 0.15) is 46.0 Å². The molecule has 0 aromatic rings. The highest BCUT2D eigenvalue weighted by atomic mass is 16.5. The Balaban J connectivity index is 2.39. The fraction of sp³-hybridized carbons (Fsp3) is 0.714. The second-order valence-electron chi connectivity index (χ2n) is 4.44. The Bertz CT molecular complexity index is 294.